The number of nitrogens with one attached hydrogen (secondary N) is 1. The lowest BCUT2D eigenvalue weighted by molar-refractivity contribution is 0.102. The number of rotatable bonds is 2. The molecule has 1 N–H and O–H groups in total. The minimum atomic E-state index is -1.69. The van der Waals surface area contributed by atoms with Crippen molar-refractivity contribution < 1.29 is 22.4 Å². The molecule has 0 spiro atoms. The summed E-state index contributed by atoms with van der Waals surface area (Å²) < 4.78 is 53.3. The SMILES string of the molecule is O=C(Nc1c(F)c(F)cc(F)c1F)c1ccc(Cl)cc1Br. The van der Waals surface area contributed by atoms with Crippen molar-refractivity contribution in [3.05, 3.63) is 62.6 Å². The fourth-order valence-electron chi connectivity index (χ4n) is 1.54. The van der Waals surface area contributed by atoms with Crippen LogP contribution in [0.15, 0.2) is 28.7 Å². The lowest BCUT2D eigenvalue weighted by Gasteiger charge is -2.10. The van der Waals surface area contributed by atoms with E-state index < -0.39 is 34.9 Å². The van der Waals surface area contributed by atoms with Crippen LogP contribution in [0.1, 0.15) is 10.4 Å². The van der Waals surface area contributed by atoms with Gasteiger partial charge in [0.2, 0.25) is 0 Å². The Bertz CT molecular complexity index is 712. The predicted octanol–water partition coefficient (Wildman–Crippen LogP) is 4.91. The van der Waals surface area contributed by atoms with Gasteiger partial charge in [-0.25, -0.2) is 17.6 Å². The molecule has 0 heterocycles. The number of halogens is 6. The Hall–Kier alpha value is -1.60. The van der Waals surface area contributed by atoms with Gasteiger partial charge in [0.05, 0.1) is 5.56 Å². The average molecular weight is 383 g/mol. The summed E-state index contributed by atoms with van der Waals surface area (Å²) in [6, 6.07) is 4.10. The molecule has 0 aromatic heterocycles. The van der Waals surface area contributed by atoms with Crippen molar-refractivity contribution in [3.8, 4) is 0 Å². The van der Waals surface area contributed by atoms with Crippen LogP contribution in [-0.4, -0.2) is 5.91 Å². The van der Waals surface area contributed by atoms with Crippen LogP contribution in [0.2, 0.25) is 5.02 Å². The van der Waals surface area contributed by atoms with Crippen LogP contribution in [0, 0.1) is 23.3 Å². The molecule has 8 heteroatoms. The number of hydrogen-bond acceptors (Lipinski definition) is 1. The zero-order valence-electron chi connectivity index (χ0n) is 9.99. The van der Waals surface area contributed by atoms with Crippen LogP contribution in [0.3, 0.4) is 0 Å². The number of benzene rings is 2. The summed E-state index contributed by atoms with van der Waals surface area (Å²) in [5, 5.41) is 2.12. The molecule has 2 nitrogen and oxygen atoms in total. The fraction of sp³-hybridized carbons (Fsp3) is 0. The highest BCUT2D eigenvalue weighted by Gasteiger charge is 2.22. The van der Waals surface area contributed by atoms with Crippen LogP contribution in [0.4, 0.5) is 23.2 Å². The Morgan fingerprint density at radius 2 is 1.62 bits per heavy atom. The summed E-state index contributed by atoms with van der Waals surface area (Å²) in [6.45, 7) is 0. The topological polar surface area (TPSA) is 29.1 Å². The van der Waals surface area contributed by atoms with Crippen molar-refractivity contribution in [2.75, 3.05) is 5.32 Å². The molecular formula is C13H5BrClF4NO. The van der Waals surface area contributed by atoms with Gasteiger partial charge in [-0.05, 0) is 34.1 Å². The third kappa shape index (κ3) is 3.19. The summed E-state index contributed by atoms with van der Waals surface area (Å²) in [4.78, 5) is 11.9. The van der Waals surface area contributed by atoms with Crippen LogP contribution < -0.4 is 5.32 Å². The molecule has 110 valence electrons. The Morgan fingerprint density at radius 3 is 2.14 bits per heavy atom. The van der Waals surface area contributed by atoms with Crippen molar-refractivity contribution in [2.24, 2.45) is 0 Å². The van der Waals surface area contributed by atoms with E-state index in [1.54, 1.807) is 5.32 Å². The van der Waals surface area contributed by atoms with E-state index in [4.69, 9.17) is 11.6 Å². The molecular weight excluding hydrogens is 377 g/mol. The molecule has 0 saturated heterocycles. The van der Waals surface area contributed by atoms with Gasteiger partial charge in [0.25, 0.3) is 5.91 Å². The van der Waals surface area contributed by atoms with E-state index in [2.05, 4.69) is 15.9 Å². The third-order valence-corrected chi connectivity index (χ3v) is 3.42. The monoisotopic (exact) mass is 381 g/mol. The second-order valence-corrected chi connectivity index (χ2v) is 5.21. The van der Waals surface area contributed by atoms with Crippen molar-refractivity contribution in [1.29, 1.82) is 0 Å². The normalized spacial score (nSPS) is 10.6. The van der Waals surface area contributed by atoms with E-state index in [9.17, 15) is 22.4 Å². The average Bonchev–Trinajstić information content (AvgIpc) is 2.41. The van der Waals surface area contributed by atoms with Crippen molar-refractivity contribution >= 4 is 39.1 Å². The summed E-state index contributed by atoms with van der Waals surface area (Å²) in [5.41, 5.74) is -1.21. The molecule has 2 rings (SSSR count). The van der Waals surface area contributed by atoms with Gasteiger partial charge in [0.1, 0.15) is 5.69 Å². The Morgan fingerprint density at radius 1 is 1.05 bits per heavy atom. The van der Waals surface area contributed by atoms with Gasteiger partial charge in [-0.1, -0.05) is 11.6 Å². The maximum atomic E-state index is 13.5. The highest BCUT2D eigenvalue weighted by atomic mass is 79.9. The molecule has 2 aromatic rings. The summed E-state index contributed by atoms with van der Waals surface area (Å²) in [5.74, 6) is -7.56. The molecule has 0 fully saturated rings. The maximum absolute atomic E-state index is 13.5. The second-order valence-electron chi connectivity index (χ2n) is 3.92. The zero-order valence-corrected chi connectivity index (χ0v) is 12.3. The number of amides is 1. The third-order valence-electron chi connectivity index (χ3n) is 2.53. The summed E-state index contributed by atoms with van der Waals surface area (Å²) in [7, 11) is 0. The first-order valence-corrected chi connectivity index (χ1v) is 6.57. The number of anilines is 1. The predicted molar refractivity (Wildman–Crippen MR) is 73.4 cm³/mol. The number of carbonyl (C=O) groups excluding carboxylic acids is 1. The van der Waals surface area contributed by atoms with Crippen molar-refractivity contribution in [1.82, 2.24) is 0 Å². The first kappa shape index (κ1) is 15.8. The molecule has 0 aliphatic heterocycles. The van der Waals surface area contributed by atoms with Gasteiger partial charge in [0, 0.05) is 15.6 Å². The molecule has 2 aromatic carbocycles. The molecule has 0 aliphatic rings. The van der Waals surface area contributed by atoms with Gasteiger partial charge in [-0.3, -0.25) is 4.79 Å². The number of carbonyl (C=O) groups is 1. The Labute approximate surface area is 129 Å². The zero-order chi connectivity index (χ0) is 15.7. The Balaban J connectivity index is 2.41. The van der Waals surface area contributed by atoms with E-state index >= 15 is 0 Å². The highest BCUT2D eigenvalue weighted by molar-refractivity contribution is 9.10. The minimum absolute atomic E-state index is 0.0112. The quantitative estimate of drug-likeness (QED) is 0.580. The number of hydrogen-bond donors (Lipinski definition) is 1. The maximum Gasteiger partial charge on any atom is 0.256 e. The molecule has 0 unspecified atom stereocenters. The molecule has 0 bridgehead atoms. The molecule has 0 aliphatic carbocycles. The lowest BCUT2D eigenvalue weighted by Crippen LogP contribution is -2.16. The van der Waals surface area contributed by atoms with Gasteiger partial charge in [-0.2, -0.15) is 0 Å². The van der Waals surface area contributed by atoms with Crippen LogP contribution in [0.5, 0.6) is 0 Å². The minimum Gasteiger partial charge on any atom is -0.317 e. The van der Waals surface area contributed by atoms with Crippen molar-refractivity contribution in [2.45, 2.75) is 0 Å². The van der Waals surface area contributed by atoms with Gasteiger partial charge < -0.3 is 5.32 Å². The smallest absolute Gasteiger partial charge is 0.256 e. The second kappa shape index (κ2) is 6.03. The molecule has 0 radical (unpaired) electrons. The Kier molecular flexibility index (Phi) is 4.53. The molecule has 21 heavy (non-hydrogen) atoms. The molecule has 0 saturated carbocycles. The standard InChI is InChI=1S/C13H5BrClF4NO/c14-7-3-5(15)1-2-6(7)13(21)20-12-10(18)8(16)4-9(17)11(12)19/h1-4H,(H,20,21). The summed E-state index contributed by atoms with van der Waals surface area (Å²) >= 11 is 8.74. The van der Waals surface area contributed by atoms with Gasteiger partial charge in [-0.15, -0.1) is 0 Å². The van der Waals surface area contributed by atoms with E-state index in [1.165, 1.54) is 18.2 Å². The van der Waals surface area contributed by atoms with E-state index in [1.807, 2.05) is 0 Å². The molecule has 0 atom stereocenters. The van der Waals surface area contributed by atoms with E-state index in [0.717, 1.165) is 0 Å². The fourth-order valence-corrected chi connectivity index (χ4v) is 2.40. The summed E-state index contributed by atoms with van der Waals surface area (Å²) in [6.07, 6.45) is 0. The highest BCUT2D eigenvalue weighted by Crippen LogP contribution is 2.27. The largest absolute Gasteiger partial charge is 0.317 e. The van der Waals surface area contributed by atoms with Crippen molar-refractivity contribution in [3.63, 3.8) is 0 Å². The van der Waals surface area contributed by atoms with E-state index in [0.29, 0.717) is 5.02 Å². The lowest BCUT2D eigenvalue weighted by atomic mass is 10.2. The first-order chi connectivity index (χ1) is 9.81. The van der Waals surface area contributed by atoms with E-state index in [-0.39, 0.29) is 16.1 Å². The van der Waals surface area contributed by atoms with Gasteiger partial charge in [0.15, 0.2) is 23.3 Å². The van der Waals surface area contributed by atoms with Crippen LogP contribution in [0.25, 0.3) is 0 Å². The first-order valence-electron chi connectivity index (χ1n) is 5.40. The van der Waals surface area contributed by atoms with Gasteiger partial charge >= 0.3 is 0 Å². The van der Waals surface area contributed by atoms with Crippen LogP contribution >= 0.6 is 27.5 Å². The molecule has 1 amide bonds. The van der Waals surface area contributed by atoms with Crippen LogP contribution in [-0.2, 0) is 0 Å².